The molecule has 0 heterocycles. The first-order valence-corrected chi connectivity index (χ1v) is 24.2. The van der Waals surface area contributed by atoms with Crippen LogP contribution in [0.2, 0.25) is 0 Å². The number of aliphatic hydroxyl groups excluding tert-OH is 1. The van der Waals surface area contributed by atoms with E-state index in [9.17, 15) is 24.2 Å². The van der Waals surface area contributed by atoms with Gasteiger partial charge in [0.2, 0.25) is 0 Å². The van der Waals surface area contributed by atoms with Crippen molar-refractivity contribution in [2.75, 3.05) is 47.5 Å². The van der Waals surface area contributed by atoms with Crippen LogP contribution in [0.4, 0.5) is 0 Å². The molecule has 0 aliphatic heterocycles. The highest BCUT2D eigenvalue weighted by Gasteiger charge is 2.21. The van der Waals surface area contributed by atoms with Crippen molar-refractivity contribution in [3.8, 4) is 0 Å². The van der Waals surface area contributed by atoms with Crippen LogP contribution in [0.25, 0.3) is 0 Å². The van der Waals surface area contributed by atoms with Crippen LogP contribution in [0, 0.1) is 0 Å². The molecule has 0 spiro atoms. The van der Waals surface area contributed by atoms with Gasteiger partial charge in [0.25, 0.3) is 7.82 Å². The van der Waals surface area contributed by atoms with Gasteiger partial charge in [-0.05, 0) is 83.5 Å². The van der Waals surface area contributed by atoms with Crippen molar-refractivity contribution < 1.29 is 47.2 Å². The second-order valence-corrected chi connectivity index (χ2v) is 17.3. The summed E-state index contributed by atoms with van der Waals surface area (Å²) in [6, 6.07) is 0. The van der Waals surface area contributed by atoms with E-state index in [-0.39, 0.29) is 26.1 Å². The summed E-state index contributed by atoms with van der Waals surface area (Å²) in [6.45, 7) is 3.82. The lowest BCUT2D eigenvalue weighted by Gasteiger charge is -2.28. The van der Waals surface area contributed by atoms with Gasteiger partial charge in [0.15, 0.2) is 6.10 Å². The molecule has 0 aromatic carbocycles. The lowest BCUT2D eigenvalue weighted by atomic mass is 10.1. The van der Waals surface area contributed by atoms with Crippen molar-refractivity contribution in [3.05, 3.63) is 109 Å². The minimum atomic E-state index is -4.69. The van der Waals surface area contributed by atoms with Crippen molar-refractivity contribution in [1.82, 2.24) is 0 Å². The Morgan fingerprint density at radius 3 is 1.79 bits per heavy atom. The standard InChI is InChI=1S/C50H82NO9P/c1-6-8-10-12-14-16-18-20-21-22-23-25-27-29-31-33-37-41-49(53)57-45-48(46-59-61(55,56)58-44-43-51(3,4)5)60-50(54)42-38-34-36-40-47(52)39-35-32-30-28-26-24-19-17-15-13-11-9-7-2/h9,11,14-17,20-21,23-26,30,32,34-36,39,47-48,52H,6-8,10,12-13,18-19,22,27-29,31,33,37-38,40-46H2,1-5H3/b11-9-,16-14-,17-15-,21-20-,25-23-,26-24-,32-30-,36-34-,39-35-/t47?,48-/m1/s1. The maximum absolute atomic E-state index is 12.7. The number of aliphatic hydroxyl groups is 1. The smallest absolute Gasteiger partial charge is 0.306 e. The van der Waals surface area contributed by atoms with Crippen LogP contribution in [0.15, 0.2) is 109 Å². The van der Waals surface area contributed by atoms with Crippen LogP contribution in [0.5, 0.6) is 0 Å². The van der Waals surface area contributed by atoms with Gasteiger partial charge in [-0.3, -0.25) is 14.2 Å². The molecule has 11 heteroatoms. The SMILES string of the molecule is CC/C=C\C/C=C\C/C=C\C/C=C\C=C/C(O)C/C=C\CCC(=O)O[C@H](COC(=O)CCCCCC/C=C\C/C=C\C/C=C\CCCCC)COP(=O)([O-])OCC[N+](C)(C)C. The van der Waals surface area contributed by atoms with Gasteiger partial charge in [0.1, 0.15) is 19.8 Å². The predicted octanol–water partition coefficient (Wildman–Crippen LogP) is 11.5. The molecule has 10 nitrogen and oxygen atoms in total. The van der Waals surface area contributed by atoms with E-state index in [1.165, 1.54) is 25.7 Å². The molecule has 2 unspecified atom stereocenters. The molecule has 1 N–H and O–H groups in total. The molecule has 0 amide bonds. The summed E-state index contributed by atoms with van der Waals surface area (Å²) in [5.41, 5.74) is 0. The number of rotatable bonds is 39. The molecule has 0 aliphatic rings. The number of phosphoric ester groups is 1. The predicted molar refractivity (Wildman–Crippen MR) is 251 cm³/mol. The minimum Gasteiger partial charge on any atom is -0.756 e. The molecule has 0 fully saturated rings. The number of allylic oxidation sites excluding steroid dienone is 16. The Morgan fingerprint density at radius 1 is 0.623 bits per heavy atom. The fourth-order valence-electron chi connectivity index (χ4n) is 5.30. The largest absolute Gasteiger partial charge is 0.756 e. The molecule has 0 bridgehead atoms. The third kappa shape index (κ3) is 44.5. The molecule has 61 heavy (non-hydrogen) atoms. The topological polar surface area (TPSA) is 131 Å². The number of unbranched alkanes of at least 4 members (excludes halogenated alkanes) is 7. The number of ether oxygens (including phenoxy) is 2. The highest BCUT2D eigenvalue weighted by molar-refractivity contribution is 7.45. The van der Waals surface area contributed by atoms with Crippen LogP contribution in [-0.2, 0) is 32.7 Å². The number of likely N-dealkylation sites (N-methyl/N-ethyl adjacent to an activating group) is 1. The Morgan fingerprint density at radius 2 is 1.18 bits per heavy atom. The fourth-order valence-corrected chi connectivity index (χ4v) is 6.03. The summed E-state index contributed by atoms with van der Waals surface area (Å²) in [5, 5.41) is 10.2. The molecule has 0 rings (SSSR count). The summed E-state index contributed by atoms with van der Waals surface area (Å²) in [6.07, 6.45) is 51.5. The summed E-state index contributed by atoms with van der Waals surface area (Å²) in [4.78, 5) is 37.6. The molecular weight excluding hydrogens is 790 g/mol. The van der Waals surface area contributed by atoms with E-state index in [1.807, 2.05) is 39.4 Å². The van der Waals surface area contributed by atoms with Crippen molar-refractivity contribution in [3.63, 3.8) is 0 Å². The van der Waals surface area contributed by atoms with E-state index in [1.54, 1.807) is 18.2 Å². The van der Waals surface area contributed by atoms with Gasteiger partial charge in [-0.15, -0.1) is 0 Å². The lowest BCUT2D eigenvalue weighted by molar-refractivity contribution is -0.870. The zero-order valence-corrected chi connectivity index (χ0v) is 39.3. The van der Waals surface area contributed by atoms with E-state index < -0.39 is 38.6 Å². The number of carbonyl (C=O) groups excluding carboxylic acids is 2. The number of nitrogens with zero attached hydrogens (tertiary/aromatic N) is 1. The number of quaternary nitrogens is 1. The Kier molecular flexibility index (Phi) is 38.4. The number of esters is 2. The number of phosphoric acid groups is 1. The summed E-state index contributed by atoms with van der Waals surface area (Å²) >= 11 is 0. The van der Waals surface area contributed by atoms with Crippen molar-refractivity contribution in [2.45, 2.75) is 148 Å². The third-order valence-electron chi connectivity index (χ3n) is 8.87. The van der Waals surface area contributed by atoms with Gasteiger partial charge in [0.05, 0.1) is 33.9 Å². The Hall–Kier alpha value is -3.37. The van der Waals surface area contributed by atoms with Crippen LogP contribution < -0.4 is 4.89 Å². The van der Waals surface area contributed by atoms with E-state index in [0.717, 1.165) is 64.2 Å². The minimum absolute atomic E-state index is 0.00656. The second kappa shape index (κ2) is 40.7. The first-order valence-electron chi connectivity index (χ1n) is 22.7. The number of hydrogen-bond donors (Lipinski definition) is 1. The normalized spacial score (nSPS) is 15.1. The van der Waals surface area contributed by atoms with Crippen LogP contribution in [0.3, 0.4) is 0 Å². The summed E-state index contributed by atoms with van der Waals surface area (Å²) in [7, 11) is 1.02. The highest BCUT2D eigenvalue weighted by Crippen LogP contribution is 2.38. The van der Waals surface area contributed by atoms with Crippen LogP contribution >= 0.6 is 7.82 Å². The third-order valence-corrected chi connectivity index (χ3v) is 9.83. The van der Waals surface area contributed by atoms with Gasteiger partial charge in [-0.1, -0.05) is 149 Å². The van der Waals surface area contributed by atoms with E-state index in [2.05, 4.69) is 86.8 Å². The first-order chi connectivity index (χ1) is 29.4. The molecule has 0 aromatic heterocycles. The van der Waals surface area contributed by atoms with E-state index in [0.29, 0.717) is 30.3 Å². The molecule has 0 saturated carbocycles. The Bertz CT molecular complexity index is 1420. The monoisotopic (exact) mass is 872 g/mol. The molecule has 0 aliphatic carbocycles. The number of carbonyl (C=O) groups is 2. The van der Waals surface area contributed by atoms with Crippen LogP contribution in [0.1, 0.15) is 136 Å². The second-order valence-electron chi connectivity index (χ2n) is 15.9. The summed E-state index contributed by atoms with van der Waals surface area (Å²) < 4.78 is 33.7. The van der Waals surface area contributed by atoms with Gasteiger partial charge >= 0.3 is 11.9 Å². The van der Waals surface area contributed by atoms with E-state index in [4.69, 9.17) is 18.5 Å². The molecule has 3 atom stereocenters. The first kappa shape index (κ1) is 57.6. The quantitative estimate of drug-likeness (QED) is 0.0160. The molecular formula is C50H82NO9P. The van der Waals surface area contributed by atoms with Gasteiger partial charge in [-0.2, -0.15) is 0 Å². The molecule has 346 valence electrons. The van der Waals surface area contributed by atoms with Crippen molar-refractivity contribution in [1.29, 1.82) is 0 Å². The zero-order valence-electron chi connectivity index (χ0n) is 38.4. The molecule has 0 saturated heterocycles. The van der Waals surface area contributed by atoms with Crippen molar-refractivity contribution in [2.24, 2.45) is 0 Å². The Balaban J connectivity index is 4.63. The molecule has 0 radical (unpaired) electrons. The highest BCUT2D eigenvalue weighted by atomic mass is 31.2. The maximum Gasteiger partial charge on any atom is 0.306 e. The summed E-state index contributed by atoms with van der Waals surface area (Å²) in [5.74, 6) is -1.05. The average molecular weight is 872 g/mol. The van der Waals surface area contributed by atoms with E-state index >= 15 is 0 Å². The van der Waals surface area contributed by atoms with Gasteiger partial charge in [-0.25, -0.2) is 0 Å². The number of hydrogen-bond acceptors (Lipinski definition) is 9. The lowest BCUT2D eigenvalue weighted by Crippen LogP contribution is -2.37. The van der Waals surface area contributed by atoms with Gasteiger partial charge in [0, 0.05) is 12.8 Å². The maximum atomic E-state index is 12.7. The average Bonchev–Trinajstić information content (AvgIpc) is 3.21. The van der Waals surface area contributed by atoms with Gasteiger partial charge < -0.3 is 33.0 Å². The Labute approximate surface area is 370 Å². The van der Waals surface area contributed by atoms with Crippen LogP contribution in [-0.4, -0.2) is 81.2 Å². The van der Waals surface area contributed by atoms with Crippen molar-refractivity contribution >= 4 is 19.8 Å². The zero-order chi connectivity index (χ0) is 45.1. The fraction of sp³-hybridized carbons (Fsp3) is 0.600. The molecule has 0 aromatic rings.